The molecule has 0 saturated heterocycles. The molecule has 0 spiro atoms. The number of anilines is 1. The SMILES string of the molecule is CC[C@H](C)NC(=O)c1cnc(-c2cccc(C)c2)nc1N(C)C(C)C. The van der Waals surface area contributed by atoms with E-state index >= 15 is 0 Å². The van der Waals surface area contributed by atoms with E-state index in [-0.39, 0.29) is 18.0 Å². The summed E-state index contributed by atoms with van der Waals surface area (Å²) in [5, 5.41) is 3.00. The summed E-state index contributed by atoms with van der Waals surface area (Å²) in [4.78, 5) is 23.8. The Morgan fingerprint density at radius 2 is 2.00 bits per heavy atom. The van der Waals surface area contributed by atoms with Crippen molar-refractivity contribution in [1.29, 1.82) is 0 Å². The first-order chi connectivity index (χ1) is 11.8. The van der Waals surface area contributed by atoms with Crippen LogP contribution >= 0.6 is 0 Å². The second-order valence-corrected chi connectivity index (χ2v) is 6.79. The molecule has 134 valence electrons. The van der Waals surface area contributed by atoms with E-state index < -0.39 is 0 Å². The van der Waals surface area contributed by atoms with Gasteiger partial charge in [-0.1, -0.05) is 30.7 Å². The molecule has 0 aliphatic carbocycles. The second-order valence-electron chi connectivity index (χ2n) is 6.79. The zero-order chi connectivity index (χ0) is 18.6. The standard InChI is InChI=1S/C20H28N4O/c1-7-15(5)22-20(25)17-12-21-18(16-10-8-9-14(4)11-16)23-19(17)24(6)13(2)3/h8-13,15H,7H2,1-6H3,(H,22,25)/t15-/m0/s1. The van der Waals surface area contributed by atoms with Crippen LogP contribution in [0.15, 0.2) is 30.5 Å². The summed E-state index contributed by atoms with van der Waals surface area (Å²) in [6.07, 6.45) is 2.51. The van der Waals surface area contributed by atoms with Gasteiger partial charge in [-0.15, -0.1) is 0 Å². The third kappa shape index (κ3) is 4.56. The molecule has 1 aromatic carbocycles. The normalized spacial score (nSPS) is 12.1. The highest BCUT2D eigenvalue weighted by molar-refractivity contribution is 5.99. The lowest BCUT2D eigenvalue weighted by molar-refractivity contribution is 0.0939. The lowest BCUT2D eigenvalue weighted by atomic mass is 10.1. The molecule has 0 bridgehead atoms. The average Bonchev–Trinajstić information content (AvgIpc) is 2.60. The molecule has 1 amide bonds. The molecular weight excluding hydrogens is 312 g/mol. The fourth-order valence-electron chi connectivity index (χ4n) is 2.37. The molecule has 1 atom stereocenters. The van der Waals surface area contributed by atoms with E-state index in [1.807, 2.05) is 57.0 Å². The zero-order valence-electron chi connectivity index (χ0n) is 16.0. The van der Waals surface area contributed by atoms with Crippen LogP contribution in [0.25, 0.3) is 11.4 Å². The molecule has 0 radical (unpaired) electrons. The minimum atomic E-state index is -0.132. The van der Waals surface area contributed by atoms with Crippen LogP contribution in [0.5, 0.6) is 0 Å². The number of amides is 1. The van der Waals surface area contributed by atoms with Crippen LogP contribution in [-0.2, 0) is 0 Å². The number of aryl methyl sites for hydroxylation is 1. The predicted molar refractivity (Wildman–Crippen MR) is 103 cm³/mol. The van der Waals surface area contributed by atoms with Gasteiger partial charge in [0.2, 0.25) is 0 Å². The smallest absolute Gasteiger partial charge is 0.256 e. The summed E-state index contributed by atoms with van der Waals surface area (Å²) in [6, 6.07) is 8.40. The van der Waals surface area contributed by atoms with Crippen molar-refractivity contribution >= 4 is 11.7 Å². The van der Waals surface area contributed by atoms with Gasteiger partial charge in [-0.2, -0.15) is 0 Å². The van der Waals surface area contributed by atoms with E-state index in [4.69, 9.17) is 4.98 Å². The molecule has 0 saturated carbocycles. The molecule has 5 nitrogen and oxygen atoms in total. The van der Waals surface area contributed by atoms with Gasteiger partial charge in [0.1, 0.15) is 11.4 Å². The van der Waals surface area contributed by atoms with Crippen LogP contribution in [0.4, 0.5) is 5.82 Å². The Morgan fingerprint density at radius 1 is 1.28 bits per heavy atom. The lowest BCUT2D eigenvalue weighted by Crippen LogP contribution is -2.35. The molecule has 1 N–H and O–H groups in total. The Hall–Kier alpha value is -2.43. The van der Waals surface area contributed by atoms with Crippen LogP contribution in [0.3, 0.4) is 0 Å². The fourth-order valence-corrected chi connectivity index (χ4v) is 2.37. The van der Waals surface area contributed by atoms with Gasteiger partial charge >= 0.3 is 0 Å². The molecule has 25 heavy (non-hydrogen) atoms. The van der Waals surface area contributed by atoms with Gasteiger partial charge in [-0.05, 0) is 40.2 Å². The third-order valence-electron chi connectivity index (χ3n) is 4.39. The largest absolute Gasteiger partial charge is 0.356 e. The minimum Gasteiger partial charge on any atom is -0.356 e. The first-order valence-corrected chi connectivity index (χ1v) is 8.81. The molecule has 0 unspecified atom stereocenters. The number of carbonyl (C=O) groups is 1. The molecule has 2 aromatic rings. The second kappa shape index (κ2) is 8.10. The number of aromatic nitrogens is 2. The highest BCUT2D eigenvalue weighted by atomic mass is 16.1. The molecule has 1 heterocycles. The Bertz CT molecular complexity index is 742. The van der Waals surface area contributed by atoms with E-state index in [1.165, 1.54) is 0 Å². The van der Waals surface area contributed by atoms with Crippen LogP contribution < -0.4 is 10.2 Å². The van der Waals surface area contributed by atoms with Crippen molar-refractivity contribution in [1.82, 2.24) is 15.3 Å². The monoisotopic (exact) mass is 340 g/mol. The van der Waals surface area contributed by atoms with Gasteiger partial charge < -0.3 is 10.2 Å². The molecule has 5 heteroatoms. The summed E-state index contributed by atoms with van der Waals surface area (Å²) in [5.41, 5.74) is 2.61. The van der Waals surface area contributed by atoms with E-state index in [2.05, 4.69) is 24.1 Å². The number of hydrogen-bond donors (Lipinski definition) is 1. The van der Waals surface area contributed by atoms with Gasteiger partial charge in [-0.25, -0.2) is 9.97 Å². The van der Waals surface area contributed by atoms with Crippen molar-refractivity contribution in [2.24, 2.45) is 0 Å². The maximum absolute atomic E-state index is 12.6. The van der Waals surface area contributed by atoms with Crippen molar-refractivity contribution < 1.29 is 4.79 Å². The van der Waals surface area contributed by atoms with Gasteiger partial charge in [-0.3, -0.25) is 4.79 Å². The molecule has 2 rings (SSSR count). The van der Waals surface area contributed by atoms with Gasteiger partial charge in [0, 0.05) is 30.9 Å². The van der Waals surface area contributed by atoms with Crippen LogP contribution in [-0.4, -0.2) is 35.0 Å². The summed E-state index contributed by atoms with van der Waals surface area (Å²) in [7, 11) is 1.95. The van der Waals surface area contributed by atoms with E-state index in [0.29, 0.717) is 17.2 Å². The van der Waals surface area contributed by atoms with E-state index in [9.17, 15) is 4.79 Å². The Labute approximate surface area is 150 Å². The van der Waals surface area contributed by atoms with Crippen molar-refractivity contribution in [3.8, 4) is 11.4 Å². The molecule has 0 fully saturated rings. The Balaban J connectivity index is 2.48. The first-order valence-electron chi connectivity index (χ1n) is 8.81. The van der Waals surface area contributed by atoms with Gasteiger partial charge in [0.05, 0.1) is 0 Å². The molecule has 0 aliphatic heterocycles. The van der Waals surface area contributed by atoms with Crippen LogP contribution in [0.1, 0.15) is 50.0 Å². The number of nitrogens with zero attached hydrogens (tertiary/aromatic N) is 3. The summed E-state index contributed by atoms with van der Waals surface area (Å²) in [5.74, 6) is 1.15. The zero-order valence-corrected chi connectivity index (χ0v) is 16.0. The van der Waals surface area contributed by atoms with E-state index in [0.717, 1.165) is 17.5 Å². The Morgan fingerprint density at radius 3 is 2.60 bits per heavy atom. The van der Waals surface area contributed by atoms with Crippen molar-refractivity contribution in [2.75, 3.05) is 11.9 Å². The number of rotatable bonds is 6. The number of nitrogens with one attached hydrogen (secondary N) is 1. The van der Waals surface area contributed by atoms with Crippen LogP contribution in [0.2, 0.25) is 0 Å². The minimum absolute atomic E-state index is 0.112. The van der Waals surface area contributed by atoms with Crippen molar-refractivity contribution in [3.63, 3.8) is 0 Å². The average molecular weight is 340 g/mol. The van der Waals surface area contributed by atoms with Crippen LogP contribution in [0, 0.1) is 6.92 Å². The lowest BCUT2D eigenvalue weighted by Gasteiger charge is -2.25. The summed E-state index contributed by atoms with van der Waals surface area (Å²) < 4.78 is 0. The van der Waals surface area contributed by atoms with E-state index in [1.54, 1.807) is 6.20 Å². The topological polar surface area (TPSA) is 58.1 Å². The predicted octanol–water partition coefficient (Wildman–Crippen LogP) is 3.82. The Kier molecular flexibility index (Phi) is 6.12. The van der Waals surface area contributed by atoms with Crippen molar-refractivity contribution in [2.45, 2.75) is 53.1 Å². The summed E-state index contributed by atoms with van der Waals surface area (Å²) in [6.45, 7) is 10.2. The van der Waals surface area contributed by atoms with Crippen molar-refractivity contribution in [3.05, 3.63) is 41.6 Å². The number of carbonyl (C=O) groups excluding carboxylic acids is 1. The van der Waals surface area contributed by atoms with Gasteiger partial charge in [0.25, 0.3) is 5.91 Å². The van der Waals surface area contributed by atoms with Gasteiger partial charge in [0.15, 0.2) is 5.82 Å². The third-order valence-corrected chi connectivity index (χ3v) is 4.39. The highest BCUT2D eigenvalue weighted by Gasteiger charge is 2.20. The first kappa shape index (κ1) is 18.9. The highest BCUT2D eigenvalue weighted by Crippen LogP contribution is 2.23. The molecule has 1 aromatic heterocycles. The molecular formula is C20H28N4O. The quantitative estimate of drug-likeness (QED) is 0.868. The maximum Gasteiger partial charge on any atom is 0.256 e. The molecule has 0 aliphatic rings. The number of benzene rings is 1. The summed E-state index contributed by atoms with van der Waals surface area (Å²) >= 11 is 0. The number of hydrogen-bond acceptors (Lipinski definition) is 4. The maximum atomic E-state index is 12.6. The fraction of sp³-hybridized carbons (Fsp3) is 0.450.